The topological polar surface area (TPSA) is 99.0 Å². The highest BCUT2D eigenvalue weighted by molar-refractivity contribution is 7.87. The molecular formula is C22H26N6O3S. The van der Waals surface area contributed by atoms with Gasteiger partial charge in [0.05, 0.1) is 5.69 Å². The molecule has 0 saturated carbocycles. The fraction of sp³-hybridized carbons (Fsp3) is 0.409. The van der Waals surface area contributed by atoms with Gasteiger partial charge in [-0.1, -0.05) is 18.7 Å². The van der Waals surface area contributed by atoms with Crippen molar-refractivity contribution in [2.24, 2.45) is 0 Å². The molecule has 9 nitrogen and oxygen atoms in total. The fourth-order valence-corrected chi connectivity index (χ4v) is 5.42. The summed E-state index contributed by atoms with van der Waals surface area (Å²) in [5, 5.41) is 2.79. The number of nitrogens with zero attached hydrogens (tertiary/aromatic N) is 4. The molecule has 2 aromatic rings. The lowest BCUT2D eigenvalue weighted by molar-refractivity contribution is 0.255. The van der Waals surface area contributed by atoms with Gasteiger partial charge in [-0.05, 0) is 68.1 Å². The van der Waals surface area contributed by atoms with Crippen LogP contribution in [-0.2, 0) is 23.1 Å². The molecule has 2 amide bonds. The molecule has 32 heavy (non-hydrogen) atoms. The molecule has 1 atom stereocenters. The van der Waals surface area contributed by atoms with Gasteiger partial charge in [0.1, 0.15) is 6.20 Å². The number of aryl methyl sites for hydroxylation is 1. The summed E-state index contributed by atoms with van der Waals surface area (Å²) >= 11 is 0. The first-order valence-electron chi connectivity index (χ1n) is 10.5. The predicted octanol–water partition coefficient (Wildman–Crippen LogP) is 2.79. The van der Waals surface area contributed by atoms with Crippen LogP contribution in [0.4, 0.5) is 16.3 Å². The van der Waals surface area contributed by atoms with E-state index in [-0.39, 0.29) is 11.9 Å². The Morgan fingerprint density at radius 2 is 2.12 bits per heavy atom. The largest absolute Gasteiger partial charge is 0.361 e. The number of anilines is 1. The van der Waals surface area contributed by atoms with Gasteiger partial charge in [-0.2, -0.15) is 12.7 Å². The lowest BCUT2D eigenvalue weighted by Gasteiger charge is -2.24. The lowest BCUT2D eigenvalue weighted by Crippen LogP contribution is -2.48. The van der Waals surface area contributed by atoms with E-state index in [9.17, 15) is 13.2 Å². The monoisotopic (exact) mass is 454 g/mol. The summed E-state index contributed by atoms with van der Waals surface area (Å²) in [5.74, 6) is 0.254. The number of carbonyl (C=O) groups excluding carboxylic acids is 1. The molecule has 1 aromatic heterocycles. The molecule has 0 spiro atoms. The van der Waals surface area contributed by atoms with Gasteiger partial charge in [-0.15, -0.1) is 4.98 Å². The lowest BCUT2D eigenvalue weighted by atomic mass is 9.98. The van der Waals surface area contributed by atoms with Crippen LogP contribution in [0.2, 0.25) is 0 Å². The summed E-state index contributed by atoms with van der Waals surface area (Å²) in [7, 11) is -0.559. The Labute approximate surface area is 188 Å². The van der Waals surface area contributed by atoms with Gasteiger partial charge in [-0.3, -0.25) is 0 Å². The molecule has 10 heteroatoms. The minimum absolute atomic E-state index is 0.175. The summed E-state index contributed by atoms with van der Waals surface area (Å²) in [6.07, 6.45) is 4.94. The van der Waals surface area contributed by atoms with E-state index in [0.717, 1.165) is 54.5 Å². The van der Waals surface area contributed by atoms with Gasteiger partial charge in [0.15, 0.2) is 0 Å². The molecule has 1 aliphatic heterocycles. The summed E-state index contributed by atoms with van der Waals surface area (Å²) in [6, 6.07) is 6.39. The summed E-state index contributed by atoms with van der Waals surface area (Å²) in [6.45, 7) is 8.66. The van der Waals surface area contributed by atoms with Crippen LogP contribution in [0.1, 0.15) is 24.0 Å². The van der Waals surface area contributed by atoms with E-state index in [1.165, 1.54) is 11.4 Å². The molecule has 2 aliphatic rings. The number of nitrogens with one attached hydrogen (secondary N) is 2. The third-order valence-corrected chi connectivity index (χ3v) is 7.67. The molecule has 168 valence electrons. The molecule has 1 aromatic carbocycles. The Bertz CT molecular complexity index is 1190. The van der Waals surface area contributed by atoms with Crippen molar-refractivity contribution in [2.45, 2.75) is 31.7 Å². The Kier molecular flexibility index (Phi) is 6.15. The molecular weight excluding hydrogens is 428 g/mol. The van der Waals surface area contributed by atoms with Crippen molar-refractivity contribution in [3.63, 3.8) is 0 Å². The van der Waals surface area contributed by atoms with Crippen LogP contribution >= 0.6 is 0 Å². The summed E-state index contributed by atoms with van der Waals surface area (Å²) < 4.78 is 29.0. The summed E-state index contributed by atoms with van der Waals surface area (Å²) in [5.41, 5.74) is 4.19. The maximum Gasteiger partial charge on any atom is 0.333 e. The number of urea groups is 1. The van der Waals surface area contributed by atoms with E-state index in [1.54, 1.807) is 18.3 Å². The van der Waals surface area contributed by atoms with Crippen LogP contribution < -0.4 is 10.0 Å². The number of aromatic nitrogens is 1. The molecule has 0 radical (unpaired) electrons. The Hall–Kier alpha value is -3.00. The Balaban J connectivity index is 1.60. The van der Waals surface area contributed by atoms with Gasteiger partial charge in [-0.25, -0.2) is 9.52 Å². The third-order valence-electron chi connectivity index (χ3n) is 6.17. The number of benzene rings is 1. The minimum atomic E-state index is -3.99. The van der Waals surface area contributed by atoms with Crippen LogP contribution in [-0.4, -0.2) is 61.9 Å². The van der Waals surface area contributed by atoms with Crippen molar-refractivity contribution in [2.75, 3.05) is 32.5 Å². The van der Waals surface area contributed by atoms with Crippen molar-refractivity contribution >= 4 is 27.7 Å². The zero-order valence-corrected chi connectivity index (χ0v) is 18.9. The number of hydrogen-bond donors (Lipinski definition) is 2. The van der Waals surface area contributed by atoms with Crippen LogP contribution in [0, 0.1) is 6.57 Å². The standard InChI is InChI=1S/C22H26N6O3S/c1-23-20-13-16(9-11-24-20)19-8-7-15-5-4-6-18(15)21(19)25-22(29)26-32(30,31)28(3)17-10-12-27(2)14-17/h7-9,11,13,17H,4-6,10,12,14H2,2-3H3,(H2,25,26,29). The van der Waals surface area contributed by atoms with Crippen LogP contribution in [0.3, 0.4) is 0 Å². The quantitative estimate of drug-likeness (QED) is 0.677. The number of likely N-dealkylation sites (tertiary alicyclic amines) is 1. The first-order chi connectivity index (χ1) is 15.3. The van der Waals surface area contributed by atoms with E-state index in [4.69, 9.17) is 6.57 Å². The van der Waals surface area contributed by atoms with E-state index >= 15 is 0 Å². The number of rotatable bonds is 5. The maximum atomic E-state index is 12.8. The SMILES string of the molecule is [C-]#[N+]c1cc(-c2ccc3c(c2NC(=O)NS(=O)(=O)N(C)C2CCN(C)C2)CCC3)ccn1. The van der Waals surface area contributed by atoms with Crippen molar-refractivity contribution in [1.82, 2.24) is 18.9 Å². The van der Waals surface area contributed by atoms with E-state index in [1.807, 2.05) is 19.2 Å². The van der Waals surface area contributed by atoms with Crippen molar-refractivity contribution in [1.29, 1.82) is 0 Å². The second-order valence-electron chi connectivity index (χ2n) is 8.28. The van der Waals surface area contributed by atoms with Crippen molar-refractivity contribution in [3.05, 3.63) is 53.0 Å². The van der Waals surface area contributed by atoms with Crippen molar-refractivity contribution in [3.8, 4) is 11.1 Å². The van der Waals surface area contributed by atoms with Crippen LogP contribution in [0.5, 0.6) is 0 Å². The Morgan fingerprint density at radius 1 is 1.31 bits per heavy atom. The first-order valence-corrected chi connectivity index (χ1v) is 12.0. The normalized spacial score (nSPS) is 18.4. The number of fused-ring (bicyclic) bond motifs is 1. The number of carbonyl (C=O) groups is 1. The maximum absolute atomic E-state index is 12.8. The highest BCUT2D eigenvalue weighted by Gasteiger charge is 2.32. The minimum Gasteiger partial charge on any atom is -0.361 e. The number of hydrogen-bond acceptors (Lipinski definition) is 5. The van der Waals surface area contributed by atoms with Crippen molar-refractivity contribution < 1.29 is 13.2 Å². The second kappa shape index (κ2) is 8.86. The highest BCUT2D eigenvalue weighted by atomic mass is 32.2. The number of amides is 2. The Morgan fingerprint density at radius 3 is 2.84 bits per heavy atom. The smallest absolute Gasteiger partial charge is 0.333 e. The van der Waals surface area contributed by atoms with Crippen LogP contribution in [0.25, 0.3) is 16.0 Å². The third kappa shape index (κ3) is 4.46. The average Bonchev–Trinajstić information content (AvgIpc) is 3.42. The van der Waals surface area contributed by atoms with E-state index < -0.39 is 16.2 Å². The fourth-order valence-electron chi connectivity index (χ4n) is 4.43. The molecule has 1 aliphatic carbocycles. The second-order valence-corrected chi connectivity index (χ2v) is 10.0. The highest BCUT2D eigenvalue weighted by Crippen LogP contribution is 2.38. The molecule has 0 bridgehead atoms. The van der Waals surface area contributed by atoms with Gasteiger partial charge in [0.2, 0.25) is 0 Å². The van der Waals surface area contributed by atoms with Gasteiger partial charge < -0.3 is 15.1 Å². The number of pyridine rings is 1. The average molecular weight is 455 g/mol. The summed E-state index contributed by atoms with van der Waals surface area (Å²) in [4.78, 5) is 22.3. The van der Waals surface area contributed by atoms with E-state index in [0.29, 0.717) is 12.2 Å². The first kappa shape index (κ1) is 22.2. The molecule has 1 unspecified atom stereocenters. The zero-order chi connectivity index (χ0) is 22.9. The van der Waals surface area contributed by atoms with Gasteiger partial charge in [0.25, 0.3) is 5.82 Å². The zero-order valence-electron chi connectivity index (χ0n) is 18.1. The molecule has 2 N–H and O–H groups in total. The van der Waals surface area contributed by atoms with Gasteiger partial charge >= 0.3 is 16.2 Å². The molecule has 1 saturated heterocycles. The molecule has 2 heterocycles. The predicted molar refractivity (Wildman–Crippen MR) is 123 cm³/mol. The molecule has 1 fully saturated rings. The van der Waals surface area contributed by atoms with Gasteiger partial charge in [0, 0.05) is 25.2 Å². The van der Waals surface area contributed by atoms with E-state index in [2.05, 4.69) is 24.8 Å². The molecule has 4 rings (SSSR count). The number of likely N-dealkylation sites (N-methyl/N-ethyl adjacent to an activating group) is 2. The van der Waals surface area contributed by atoms with Crippen LogP contribution in [0.15, 0.2) is 30.5 Å².